The van der Waals surface area contributed by atoms with Gasteiger partial charge >= 0.3 is 0 Å². The van der Waals surface area contributed by atoms with Crippen LogP contribution in [0.3, 0.4) is 0 Å². The van der Waals surface area contributed by atoms with E-state index in [2.05, 4.69) is 15.6 Å². The molecule has 0 aliphatic carbocycles. The molecule has 0 bridgehead atoms. The van der Waals surface area contributed by atoms with E-state index in [1.807, 2.05) is 6.92 Å². The van der Waals surface area contributed by atoms with Gasteiger partial charge in [0.05, 0.1) is 12.1 Å². The molecule has 0 saturated carbocycles. The van der Waals surface area contributed by atoms with Gasteiger partial charge in [0.25, 0.3) is 0 Å². The van der Waals surface area contributed by atoms with Gasteiger partial charge in [-0.3, -0.25) is 4.99 Å². The summed E-state index contributed by atoms with van der Waals surface area (Å²) in [5.41, 5.74) is -0.223. The monoisotopic (exact) mass is 481 g/mol. The minimum absolute atomic E-state index is 0. The van der Waals surface area contributed by atoms with Gasteiger partial charge in [-0.1, -0.05) is 6.07 Å². The first-order valence-corrected chi connectivity index (χ1v) is 8.56. The second kappa shape index (κ2) is 11.6. The molecule has 0 spiro atoms. The molecule has 0 amide bonds. The number of guanidine groups is 1. The second-order valence-corrected chi connectivity index (χ2v) is 6.19. The predicted octanol–water partition coefficient (Wildman–Crippen LogP) is 2.57. The van der Waals surface area contributed by atoms with Crippen LogP contribution in [0.25, 0.3) is 0 Å². The van der Waals surface area contributed by atoms with Crippen LogP contribution in [0, 0.1) is 5.82 Å². The van der Waals surface area contributed by atoms with Crippen molar-refractivity contribution in [2.24, 2.45) is 4.99 Å². The van der Waals surface area contributed by atoms with E-state index in [1.54, 1.807) is 26.3 Å². The van der Waals surface area contributed by atoms with Crippen LogP contribution in [-0.2, 0) is 9.47 Å². The summed E-state index contributed by atoms with van der Waals surface area (Å²) in [4.78, 5) is 4.22. The highest BCUT2D eigenvalue weighted by molar-refractivity contribution is 14.0. The van der Waals surface area contributed by atoms with Crippen LogP contribution in [0.4, 0.5) is 4.39 Å². The highest BCUT2D eigenvalue weighted by Crippen LogP contribution is 2.23. The summed E-state index contributed by atoms with van der Waals surface area (Å²) in [6.07, 6.45) is 1.57. The molecule has 1 unspecified atom stereocenters. The van der Waals surface area contributed by atoms with Gasteiger partial charge in [-0.25, -0.2) is 4.39 Å². The predicted molar refractivity (Wildman–Crippen MR) is 111 cm³/mol. The Labute approximate surface area is 171 Å². The molecule has 1 atom stereocenters. The average Bonchev–Trinajstić information content (AvgIpc) is 2.62. The Bertz CT molecular complexity index is 568. The van der Waals surface area contributed by atoms with Crippen LogP contribution in [0.15, 0.2) is 29.3 Å². The van der Waals surface area contributed by atoms with E-state index in [0.717, 1.165) is 12.8 Å². The number of hydrogen-bond donors (Lipinski definition) is 2. The van der Waals surface area contributed by atoms with Crippen molar-refractivity contribution in [2.45, 2.75) is 31.5 Å². The average molecular weight is 481 g/mol. The molecule has 6 nitrogen and oxygen atoms in total. The van der Waals surface area contributed by atoms with E-state index in [9.17, 15) is 4.39 Å². The van der Waals surface area contributed by atoms with Gasteiger partial charge in [0.1, 0.15) is 17.7 Å². The van der Waals surface area contributed by atoms with Crippen LogP contribution in [0.2, 0.25) is 0 Å². The molecule has 1 fully saturated rings. The summed E-state index contributed by atoms with van der Waals surface area (Å²) in [6, 6.07) is 6.13. The van der Waals surface area contributed by atoms with E-state index in [1.165, 1.54) is 12.1 Å². The second-order valence-electron chi connectivity index (χ2n) is 6.19. The number of nitrogens with one attached hydrogen (secondary N) is 2. The van der Waals surface area contributed by atoms with Gasteiger partial charge in [-0.15, -0.1) is 24.0 Å². The smallest absolute Gasteiger partial charge is 0.191 e. The van der Waals surface area contributed by atoms with Crippen LogP contribution >= 0.6 is 24.0 Å². The molecule has 8 heteroatoms. The van der Waals surface area contributed by atoms with Gasteiger partial charge < -0.3 is 24.8 Å². The van der Waals surface area contributed by atoms with Gasteiger partial charge in [0.15, 0.2) is 5.96 Å². The summed E-state index contributed by atoms with van der Waals surface area (Å²) in [6.45, 7) is 4.53. The number of halogens is 2. The summed E-state index contributed by atoms with van der Waals surface area (Å²) in [7, 11) is 3.45. The van der Waals surface area contributed by atoms with Crippen molar-refractivity contribution in [3.8, 4) is 5.75 Å². The molecule has 2 N–H and O–H groups in total. The Morgan fingerprint density at radius 3 is 2.69 bits per heavy atom. The number of benzene rings is 1. The summed E-state index contributed by atoms with van der Waals surface area (Å²) >= 11 is 0. The fourth-order valence-electron chi connectivity index (χ4n) is 2.72. The van der Waals surface area contributed by atoms with Gasteiger partial charge in [-0.2, -0.15) is 0 Å². The fourth-order valence-corrected chi connectivity index (χ4v) is 2.72. The molecule has 1 aromatic carbocycles. The maximum atomic E-state index is 13.2. The number of methoxy groups -OCH3 is 1. The number of ether oxygens (including phenoxy) is 3. The van der Waals surface area contributed by atoms with Crippen molar-refractivity contribution in [3.63, 3.8) is 0 Å². The molecule has 1 aliphatic heterocycles. The Morgan fingerprint density at radius 2 is 2.08 bits per heavy atom. The van der Waals surface area contributed by atoms with E-state index in [-0.39, 0.29) is 41.5 Å². The first-order chi connectivity index (χ1) is 12.1. The Kier molecular flexibility index (Phi) is 10.2. The van der Waals surface area contributed by atoms with E-state index < -0.39 is 0 Å². The molecule has 1 aromatic rings. The third-order valence-corrected chi connectivity index (χ3v) is 4.33. The lowest BCUT2D eigenvalue weighted by atomic mass is 9.94. The topological polar surface area (TPSA) is 64.1 Å². The van der Waals surface area contributed by atoms with Crippen LogP contribution < -0.4 is 15.4 Å². The maximum absolute atomic E-state index is 13.2. The Balaban J connectivity index is 0.00000338. The van der Waals surface area contributed by atoms with E-state index in [4.69, 9.17) is 14.2 Å². The highest BCUT2D eigenvalue weighted by atomic mass is 127. The fraction of sp³-hybridized carbons (Fsp3) is 0.611. The lowest BCUT2D eigenvalue weighted by Gasteiger charge is -2.36. The first kappa shape index (κ1) is 22.9. The van der Waals surface area contributed by atoms with E-state index >= 15 is 0 Å². The maximum Gasteiger partial charge on any atom is 0.191 e. The van der Waals surface area contributed by atoms with Crippen LogP contribution in [-0.4, -0.2) is 58.1 Å². The van der Waals surface area contributed by atoms with Gasteiger partial charge in [0, 0.05) is 52.8 Å². The van der Waals surface area contributed by atoms with Crippen molar-refractivity contribution < 1.29 is 18.6 Å². The summed E-state index contributed by atoms with van der Waals surface area (Å²) in [5.74, 6) is 0.881. The van der Waals surface area contributed by atoms with Crippen LogP contribution in [0.5, 0.6) is 5.75 Å². The molecular weight excluding hydrogens is 452 g/mol. The van der Waals surface area contributed by atoms with Gasteiger partial charge in [0.2, 0.25) is 0 Å². The largest absolute Gasteiger partial charge is 0.489 e. The Hall–Kier alpha value is -1.13. The number of aliphatic imine (C=N–C) groups is 1. The van der Waals surface area contributed by atoms with Crippen molar-refractivity contribution >= 4 is 29.9 Å². The summed E-state index contributed by atoms with van der Waals surface area (Å²) < 4.78 is 30.0. The minimum atomic E-state index is -0.309. The van der Waals surface area contributed by atoms with Crippen molar-refractivity contribution in [3.05, 3.63) is 30.1 Å². The molecular formula is C18H29FIN3O3. The first-order valence-electron chi connectivity index (χ1n) is 8.56. The quantitative estimate of drug-likeness (QED) is 0.356. The standard InChI is InChI=1S/C18H28FN3O3.HI/c1-14(25-16-6-4-5-15(19)11-16)12-21-17(20-2)22-13-18(23-3)7-9-24-10-8-18;/h4-6,11,14H,7-10,12-13H2,1-3H3,(H2,20,21,22);1H. The minimum Gasteiger partial charge on any atom is -0.489 e. The molecule has 1 aliphatic rings. The third-order valence-electron chi connectivity index (χ3n) is 4.33. The summed E-state index contributed by atoms with van der Waals surface area (Å²) in [5, 5.41) is 6.52. The lowest BCUT2D eigenvalue weighted by molar-refractivity contribution is -0.0855. The zero-order chi connectivity index (χ0) is 18.1. The SMILES string of the molecule is CN=C(NCC(C)Oc1cccc(F)c1)NCC1(OC)CCOCC1.I. The molecule has 0 radical (unpaired) electrons. The van der Waals surface area contributed by atoms with Crippen molar-refractivity contribution in [2.75, 3.05) is 40.5 Å². The molecule has 148 valence electrons. The Morgan fingerprint density at radius 1 is 1.35 bits per heavy atom. The van der Waals surface area contributed by atoms with Crippen molar-refractivity contribution in [1.29, 1.82) is 0 Å². The van der Waals surface area contributed by atoms with E-state index in [0.29, 0.717) is 38.0 Å². The normalized spacial score (nSPS) is 17.8. The number of hydrogen-bond acceptors (Lipinski definition) is 4. The van der Waals surface area contributed by atoms with Crippen LogP contribution in [0.1, 0.15) is 19.8 Å². The molecule has 2 rings (SSSR count). The zero-order valence-electron chi connectivity index (χ0n) is 15.6. The molecule has 1 saturated heterocycles. The lowest BCUT2D eigenvalue weighted by Crippen LogP contribution is -2.51. The number of nitrogens with zero attached hydrogens (tertiary/aromatic N) is 1. The zero-order valence-corrected chi connectivity index (χ0v) is 17.9. The molecule has 0 aromatic heterocycles. The number of rotatable bonds is 7. The molecule has 26 heavy (non-hydrogen) atoms. The van der Waals surface area contributed by atoms with Gasteiger partial charge in [-0.05, 0) is 19.1 Å². The third kappa shape index (κ3) is 7.24. The van der Waals surface area contributed by atoms with Crippen molar-refractivity contribution in [1.82, 2.24) is 10.6 Å². The molecule has 1 heterocycles. The highest BCUT2D eigenvalue weighted by Gasteiger charge is 2.32.